The molecule has 0 spiro atoms. The molecule has 1 nitrogen and oxygen atoms in total. The van der Waals surface area contributed by atoms with Gasteiger partial charge in [-0.05, 0) is 24.9 Å². The van der Waals surface area contributed by atoms with Gasteiger partial charge >= 0.3 is 0 Å². The maximum atomic E-state index is 3.65. The van der Waals surface area contributed by atoms with Crippen molar-refractivity contribution in [2.24, 2.45) is 0 Å². The smallest absolute Gasteiger partial charge is 0.0107 e. The predicted octanol–water partition coefficient (Wildman–Crippen LogP) is 5.74. The molecule has 0 saturated heterocycles. The van der Waals surface area contributed by atoms with Crippen LogP contribution < -0.4 is 5.32 Å². The molecule has 1 N–H and O–H groups in total. The average molecular weight is 290 g/mol. The zero-order valence-electron chi connectivity index (χ0n) is 14.2. The molecule has 0 radical (unpaired) electrons. The van der Waals surface area contributed by atoms with Gasteiger partial charge in [0.05, 0.1) is 0 Å². The molecule has 21 heavy (non-hydrogen) atoms. The van der Waals surface area contributed by atoms with Crippen molar-refractivity contribution in [3.05, 3.63) is 35.9 Å². The Bertz CT molecular complexity index is 320. The molecule has 1 unspecified atom stereocenters. The molecule has 0 fully saturated rings. The third-order valence-corrected chi connectivity index (χ3v) is 4.22. The molecule has 0 bridgehead atoms. The Labute approximate surface area is 132 Å². The largest absolute Gasteiger partial charge is 0.314 e. The second-order valence-corrected chi connectivity index (χ2v) is 6.21. The fraction of sp³-hybridized carbons (Fsp3) is 0.700. The van der Waals surface area contributed by atoms with Crippen LogP contribution in [0.3, 0.4) is 0 Å². The van der Waals surface area contributed by atoms with Crippen molar-refractivity contribution in [2.75, 3.05) is 6.54 Å². The Hall–Kier alpha value is -0.820. The maximum Gasteiger partial charge on any atom is 0.0107 e. The number of nitrogens with one attached hydrogen (secondary N) is 1. The molecule has 120 valence electrons. The highest BCUT2D eigenvalue weighted by Crippen LogP contribution is 2.13. The van der Waals surface area contributed by atoms with Crippen LogP contribution in [0.1, 0.15) is 77.2 Å². The molecule has 0 amide bonds. The lowest BCUT2D eigenvalue weighted by molar-refractivity contribution is 0.458. The van der Waals surface area contributed by atoms with E-state index in [4.69, 9.17) is 0 Å². The first-order chi connectivity index (χ1) is 10.4. The van der Waals surface area contributed by atoms with Gasteiger partial charge in [0, 0.05) is 6.04 Å². The molecular formula is C20H35N. The van der Waals surface area contributed by atoms with E-state index < -0.39 is 0 Å². The van der Waals surface area contributed by atoms with Crippen molar-refractivity contribution < 1.29 is 0 Å². The van der Waals surface area contributed by atoms with Crippen molar-refractivity contribution in [1.82, 2.24) is 5.32 Å². The summed E-state index contributed by atoms with van der Waals surface area (Å²) in [4.78, 5) is 0. The molecule has 0 aliphatic heterocycles. The first kappa shape index (κ1) is 18.2. The van der Waals surface area contributed by atoms with E-state index in [0.717, 1.165) is 6.54 Å². The van der Waals surface area contributed by atoms with E-state index in [2.05, 4.69) is 49.5 Å². The van der Waals surface area contributed by atoms with E-state index in [1.807, 2.05) is 0 Å². The van der Waals surface area contributed by atoms with Gasteiger partial charge in [0.1, 0.15) is 0 Å². The Balaban J connectivity index is 2.11. The minimum Gasteiger partial charge on any atom is -0.314 e. The van der Waals surface area contributed by atoms with Crippen LogP contribution in [-0.2, 0) is 6.42 Å². The summed E-state index contributed by atoms with van der Waals surface area (Å²) < 4.78 is 0. The minimum absolute atomic E-state index is 0.650. The second kappa shape index (κ2) is 12.9. The van der Waals surface area contributed by atoms with Crippen LogP contribution in [0.5, 0.6) is 0 Å². The summed E-state index contributed by atoms with van der Waals surface area (Å²) in [6.07, 6.45) is 13.8. The van der Waals surface area contributed by atoms with Crippen molar-refractivity contribution in [1.29, 1.82) is 0 Å². The molecule has 1 atom stereocenters. The molecule has 1 aromatic rings. The van der Waals surface area contributed by atoms with Crippen LogP contribution in [-0.4, -0.2) is 12.6 Å². The molecule has 0 aliphatic carbocycles. The van der Waals surface area contributed by atoms with Gasteiger partial charge in [-0.3, -0.25) is 0 Å². The van der Waals surface area contributed by atoms with E-state index >= 15 is 0 Å². The summed E-state index contributed by atoms with van der Waals surface area (Å²) in [7, 11) is 0. The summed E-state index contributed by atoms with van der Waals surface area (Å²) in [6.45, 7) is 5.58. The van der Waals surface area contributed by atoms with Crippen molar-refractivity contribution >= 4 is 0 Å². The lowest BCUT2D eigenvalue weighted by Gasteiger charge is -2.18. The molecule has 0 saturated carbocycles. The fourth-order valence-corrected chi connectivity index (χ4v) is 2.99. The second-order valence-electron chi connectivity index (χ2n) is 6.21. The van der Waals surface area contributed by atoms with E-state index in [1.165, 1.54) is 69.8 Å². The third-order valence-electron chi connectivity index (χ3n) is 4.22. The van der Waals surface area contributed by atoms with Gasteiger partial charge in [0.25, 0.3) is 0 Å². The van der Waals surface area contributed by atoms with Gasteiger partial charge in [-0.1, -0.05) is 95.5 Å². The zero-order valence-corrected chi connectivity index (χ0v) is 14.2. The number of unbranched alkanes of at least 4 members (excludes halogenated alkanes) is 7. The van der Waals surface area contributed by atoms with Gasteiger partial charge in [0.15, 0.2) is 0 Å². The molecule has 0 aromatic heterocycles. The van der Waals surface area contributed by atoms with E-state index in [1.54, 1.807) is 0 Å². The molecule has 0 aliphatic rings. The zero-order chi connectivity index (χ0) is 15.2. The van der Waals surface area contributed by atoms with Crippen molar-refractivity contribution in [2.45, 2.75) is 84.1 Å². The monoisotopic (exact) mass is 289 g/mol. The minimum atomic E-state index is 0.650. The Kier molecular flexibility index (Phi) is 11.2. The number of likely N-dealkylation sites (N-methyl/N-ethyl adjacent to an activating group) is 1. The van der Waals surface area contributed by atoms with Crippen LogP contribution >= 0.6 is 0 Å². The maximum absolute atomic E-state index is 3.65. The number of hydrogen-bond donors (Lipinski definition) is 1. The van der Waals surface area contributed by atoms with Gasteiger partial charge < -0.3 is 5.32 Å². The van der Waals surface area contributed by atoms with E-state index in [-0.39, 0.29) is 0 Å². The van der Waals surface area contributed by atoms with Crippen molar-refractivity contribution in [3.8, 4) is 0 Å². The van der Waals surface area contributed by atoms with Crippen molar-refractivity contribution in [3.63, 3.8) is 0 Å². The van der Waals surface area contributed by atoms with E-state index in [9.17, 15) is 0 Å². The Morgan fingerprint density at radius 1 is 0.810 bits per heavy atom. The van der Waals surface area contributed by atoms with Crippen LogP contribution in [0.15, 0.2) is 30.3 Å². The highest BCUT2D eigenvalue weighted by atomic mass is 14.9. The summed E-state index contributed by atoms with van der Waals surface area (Å²) in [5, 5.41) is 3.65. The Morgan fingerprint density at radius 3 is 2.05 bits per heavy atom. The Morgan fingerprint density at radius 2 is 1.43 bits per heavy atom. The van der Waals surface area contributed by atoms with Gasteiger partial charge in [-0.15, -0.1) is 0 Å². The summed E-state index contributed by atoms with van der Waals surface area (Å²) in [5.41, 5.74) is 1.46. The average Bonchev–Trinajstić information content (AvgIpc) is 2.51. The number of benzene rings is 1. The molecular weight excluding hydrogens is 254 g/mol. The highest BCUT2D eigenvalue weighted by Gasteiger charge is 2.07. The standard InChI is InChI=1S/C20H35N/c1-3-5-6-7-8-9-10-14-17-20(21-4-2)18-19-15-12-11-13-16-19/h11-13,15-16,20-21H,3-10,14,17-18H2,1-2H3. The van der Waals surface area contributed by atoms with Gasteiger partial charge in [-0.25, -0.2) is 0 Å². The SMILES string of the molecule is CCCCCCCCCCC(Cc1ccccc1)NCC. The molecule has 1 rings (SSSR count). The van der Waals surface area contributed by atoms with Gasteiger partial charge in [0.2, 0.25) is 0 Å². The summed E-state index contributed by atoms with van der Waals surface area (Å²) >= 11 is 0. The van der Waals surface area contributed by atoms with Crippen LogP contribution in [0.2, 0.25) is 0 Å². The highest BCUT2D eigenvalue weighted by molar-refractivity contribution is 5.15. The van der Waals surface area contributed by atoms with E-state index in [0.29, 0.717) is 6.04 Å². The lowest BCUT2D eigenvalue weighted by Crippen LogP contribution is -2.30. The number of rotatable bonds is 13. The first-order valence-electron chi connectivity index (χ1n) is 9.14. The topological polar surface area (TPSA) is 12.0 Å². The predicted molar refractivity (Wildman–Crippen MR) is 94.8 cm³/mol. The first-order valence-corrected chi connectivity index (χ1v) is 9.14. The molecule has 0 heterocycles. The molecule has 1 heteroatoms. The van der Waals surface area contributed by atoms with Crippen LogP contribution in [0, 0.1) is 0 Å². The lowest BCUT2D eigenvalue weighted by atomic mass is 9.99. The van der Waals surface area contributed by atoms with Crippen LogP contribution in [0.4, 0.5) is 0 Å². The van der Waals surface area contributed by atoms with Gasteiger partial charge in [-0.2, -0.15) is 0 Å². The summed E-state index contributed by atoms with van der Waals surface area (Å²) in [6, 6.07) is 11.5. The third kappa shape index (κ3) is 9.68. The number of hydrogen-bond acceptors (Lipinski definition) is 1. The quantitative estimate of drug-likeness (QED) is 0.457. The fourth-order valence-electron chi connectivity index (χ4n) is 2.99. The summed E-state index contributed by atoms with van der Waals surface area (Å²) in [5.74, 6) is 0. The normalized spacial score (nSPS) is 12.5. The molecule has 1 aromatic carbocycles. The van der Waals surface area contributed by atoms with Crippen LogP contribution in [0.25, 0.3) is 0 Å².